The number of ether oxygens (including phenoxy) is 1. The van der Waals surface area contributed by atoms with Crippen LogP contribution in [0.25, 0.3) is 0 Å². The van der Waals surface area contributed by atoms with Crippen LogP contribution in [-0.2, 0) is 14.8 Å². The Morgan fingerprint density at radius 2 is 1.92 bits per heavy atom. The van der Waals surface area contributed by atoms with Crippen molar-refractivity contribution in [3.63, 3.8) is 0 Å². The fraction of sp³-hybridized carbons (Fsp3) is 0.231. The van der Waals surface area contributed by atoms with Gasteiger partial charge in [-0.1, -0.05) is 0 Å². The third-order valence-corrected chi connectivity index (χ3v) is 5.76. The van der Waals surface area contributed by atoms with Crippen molar-refractivity contribution < 1.29 is 17.9 Å². The van der Waals surface area contributed by atoms with E-state index in [2.05, 4.69) is 19.8 Å². The molecular formula is C13H16N6O4S2. The Labute approximate surface area is 148 Å². The van der Waals surface area contributed by atoms with E-state index in [0.717, 1.165) is 18.4 Å². The third-order valence-electron chi connectivity index (χ3n) is 3.01. The first-order valence-corrected chi connectivity index (χ1v) is 9.11. The normalized spacial score (nSPS) is 12.0. The summed E-state index contributed by atoms with van der Waals surface area (Å²) < 4.78 is 31.4. The number of thiophene rings is 1. The van der Waals surface area contributed by atoms with Crippen LogP contribution >= 0.6 is 11.3 Å². The van der Waals surface area contributed by atoms with Gasteiger partial charge in [-0.3, -0.25) is 0 Å². The lowest BCUT2D eigenvalue weighted by atomic mass is 10.4. The summed E-state index contributed by atoms with van der Waals surface area (Å²) in [6.07, 6.45) is 0. The lowest BCUT2D eigenvalue weighted by Gasteiger charge is -2.21. The average Bonchev–Trinajstić information content (AvgIpc) is 3.03. The molecule has 0 aromatic carbocycles. The SMILES string of the molecule is COC(=O)c1sccc1S(=O)(=O)N(C(N)=NN)c1nc(C)cc(C)n1. The fourth-order valence-electron chi connectivity index (χ4n) is 2.02. The van der Waals surface area contributed by atoms with Crippen LogP contribution < -0.4 is 15.9 Å². The van der Waals surface area contributed by atoms with E-state index < -0.39 is 22.0 Å². The largest absolute Gasteiger partial charge is 0.465 e. The number of nitrogens with two attached hydrogens (primary N) is 2. The number of sulfonamides is 1. The molecule has 12 heteroatoms. The molecule has 0 radical (unpaired) electrons. The molecule has 0 aliphatic rings. The molecule has 0 unspecified atom stereocenters. The number of carbonyl (C=O) groups is 1. The predicted molar refractivity (Wildman–Crippen MR) is 92.6 cm³/mol. The first-order chi connectivity index (χ1) is 11.7. The maximum atomic E-state index is 13.1. The molecule has 0 saturated carbocycles. The van der Waals surface area contributed by atoms with Gasteiger partial charge in [0.05, 0.1) is 7.11 Å². The highest BCUT2D eigenvalue weighted by Gasteiger charge is 2.35. The van der Waals surface area contributed by atoms with E-state index in [9.17, 15) is 13.2 Å². The summed E-state index contributed by atoms with van der Waals surface area (Å²) >= 11 is 0.914. The van der Waals surface area contributed by atoms with Gasteiger partial charge in [0, 0.05) is 11.4 Å². The first kappa shape index (κ1) is 18.6. The molecule has 134 valence electrons. The van der Waals surface area contributed by atoms with Crippen molar-refractivity contribution in [3.8, 4) is 0 Å². The number of anilines is 1. The van der Waals surface area contributed by atoms with E-state index in [1.165, 1.54) is 11.4 Å². The molecule has 0 aliphatic carbocycles. The van der Waals surface area contributed by atoms with Gasteiger partial charge in [0.15, 0.2) is 0 Å². The van der Waals surface area contributed by atoms with Crippen LogP contribution in [0.2, 0.25) is 0 Å². The zero-order valence-electron chi connectivity index (χ0n) is 13.6. The summed E-state index contributed by atoms with van der Waals surface area (Å²) in [5.41, 5.74) is 6.72. The van der Waals surface area contributed by atoms with Crippen molar-refractivity contribution >= 4 is 39.2 Å². The summed E-state index contributed by atoms with van der Waals surface area (Å²) in [7, 11) is -3.21. The van der Waals surface area contributed by atoms with Crippen LogP contribution in [-0.4, -0.2) is 37.4 Å². The molecule has 2 rings (SSSR count). The number of carbonyl (C=O) groups excluding carboxylic acids is 1. The molecule has 10 nitrogen and oxygen atoms in total. The van der Waals surface area contributed by atoms with Gasteiger partial charge < -0.3 is 16.3 Å². The molecule has 25 heavy (non-hydrogen) atoms. The highest BCUT2D eigenvalue weighted by Crippen LogP contribution is 2.28. The number of guanidine groups is 1. The molecular weight excluding hydrogens is 368 g/mol. The maximum absolute atomic E-state index is 13.1. The second-order valence-electron chi connectivity index (χ2n) is 4.81. The predicted octanol–water partition coefficient (Wildman–Crippen LogP) is 0.325. The van der Waals surface area contributed by atoms with Gasteiger partial charge in [-0.05, 0) is 31.4 Å². The van der Waals surface area contributed by atoms with Crippen LogP contribution in [0.5, 0.6) is 0 Å². The highest BCUT2D eigenvalue weighted by atomic mass is 32.2. The number of hydrogen-bond acceptors (Lipinski definition) is 9. The number of esters is 1. The Morgan fingerprint density at radius 3 is 2.44 bits per heavy atom. The van der Waals surface area contributed by atoms with E-state index in [1.807, 2.05) is 0 Å². The third kappa shape index (κ3) is 3.53. The molecule has 0 saturated heterocycles. The van der Waals surface area contributed by atoms with Crippen molar-refractivity contribution in [2.45, 2.75) is 18.7 Å². The van der Waals surface area contributed by atoms with Crippen LogP contribution in [0.4, 0.5) is 5.95 Å². The Hall–Kier alpha value is -2.73. The van der Waals surface area contributed by atoms with E-state index in [-0.39, 0.29) is 15.7 Å². The monoisotopic (exact) mass is 384 g/mol. The molecule has 2 heterocycles. The fourth-order valence-corrected chi connectivity index (χ4v) is 4.62. The van der Waals surface area contributed by atoms with Crippen LogP contribution in [0.15, 0.2) is 27.5 Å². The smallest absolute Gasteiger partial charge is 0.349 e. The minimum Gasteiger partial charge on any atom is -0.465 e. The molecule has 2 aromatic heterocycles. The van der Waals surface area contributed by atoms with Gasteiger partial charge in [0.2, 0.25) is 11.9 Å². The molecule has 0 bridgehead atoms. The Balaban J connectivity index is 2.70. The molecule has 0 atom stereocenters. The van der Waals surface area contributed by atoms with Crippen molar-refractivity contribution in [2.75, 3.05) is 11.4 Å². The summed E-state index contributed by atoms with van der Waals surface area (Å²) in [6.45, 7) is 3.34. The van der Waals surface area contributed by atoms with Gasteiger partial charge >= 0.3 is 5.97 Å². The Morgan fingerprint density at radius 1 is 1.32 bits per heavy atom. The van der Waals surface area contributed by atoms with Crippen molar-refractivity contribution in [1.29, 1.82) is 0 Å². The number of aryl methyl sites for hydroxylation is 2. The quantitative estimate of drug-likeness (QED) is 0.251. The van der Waals surface area contributed by atoms with Crippen LogP contribution in [0.3, 0.4) is 0 Å². The molecule has 4 N–H and O–H groups in total. The van der Waals surface area contributed by atoms with E-state index >= 15 is 0 Å². The number of methoxy groups -OCH3 is 1. The maximum Gasteiger partial charge on any atom is 0.349 e. The van der Waals surface area contributed by atoms with Gasteiger partial charge in [0.1, 0.15) is 9.77 Å². The second kappa shape index (κ2) is 7.03. The van der Waals surface area contributed by atoms with Crippen molar-refractivity contribution in [1.82, 2.24) is 9.97 Å². The minimum atomic E-state index is -4.36. The molecule has 0 aliphatic heterocycles. The van der Waals surface area contributed by atoms with Gasteiger partial charge in [-0.2, -0.15) is 4.31 Å². The van der Waals surface area contributed by atoms with Gasteiger partial charge in [0.25, 0.3) is 10.0 Å². The number of hydrazone groups is 1. The lowest BCUT2D eigenvalue weighted by molar-refractivity contribution is 0.0602. The second-order valence-corrected chi connectivity index (χ2v) is 7.48. The number of rotatable bonds is 4. The topological polar surface area (TPSA) is 154 Å². The van der Waals surface area contributed by atoms with Gasteiger partial charge in [-0.25, -0.2) is 23.2 Å². The van der Waals surface area contributed by atoms with Crippen molar-refractivity contribution in [2.24, 2.45) is 16.7 Å². The van der Waals surface area contributed by atoms with E-state index in [4.69, 9.17) is 11.6 Å². The zero-order valence-corrected chi connectivity index (χ0v) is 15.3. The highest BCUT2D eigenvalue weighted by molar-refractivity contribution is 7.93. The Kier molecular flexibility index (Phi) is 5.23. The van der Waals surface area contributed by atoms with E-state index in [0.29, 0.717) is 15.7 Å². The summed E-state index contributed by atoms with van der Waals surface area (Å²) in [6, 6.07) is 2.92. The lowest BCUT2D eigenvalue weighted by Crippen LogP contribution is -2.44. The number of hydrogen-bond donors (Lipinski definition) is 2. The van der Waals surface area contributed by atoms with Crippen molar-refractivity contribution in [3.05, 3.63) is 33.8 Å². The average molecular weight is 384 g/mol. The number of nitrogens with zero attached hydrogens (tertiary/aromatic N) is 4. The Bertz CT molecular complexity index is 917. The molecule has 0 amide bonds. The van der Waals surface area contributed by atoms with Crippen LogP contribution in [0, 0.1) is 13.8 Å². The summed E-state index contributed by atoms with van der Waals surface area (Å²) in [5.74, 6) is 3.60. The summed E-state index contributed by atoms with van der Waals surface area (Å²) in [5, 5.41) is 4.68. The van der Waals surface area contributed by atoms with Gasteiger partial charge in [-0.15, -0.1) is 16.4 Å². The van der Waals surface area contributed by atoms with Crippen LogP contribution in [0.1, 0.15) is 21.1 Å². The first-order valence-electron chi connectivity index (χ1n) is 6.79. The van der Waals surface area contributed by atoms with E-state index in [1.54, 1.807) is 19.9 Å². The molecule has 0 fully saturated rings. The molecule has 2 aromatic rings. The zero-order chi connectivity index (χ0) is 18.8. The summed E-state index contributed by atoms with van der Waals surface area (Å²) in [4.78, 5) is 19.6. The number of aromatic nitrogens is 2. The minimum absolute atomic E-state index is 0.110. The standard InChI is InChI=1S/C13H16N6O4S2/c1-7-6-8(2)17-13(16-7)19(12(14)18-15)25(21,22)9-4-5-24-10(9)11(20)23-3/h4-6H,15H2,1-3H3,(H2,14,18). The molecule has 0 spiro atoms.